The standard InChI is InChI=1S/C68H133NO8/c1-6-8-10-12-14-16-18-20-22-24-26-27-28-29-30-31-32-33-34-35-36-37-38-39-41-43-45-47-49-51-53-55-57-59-66(71)77-64(63-76-68(67(72)73)74-61-60-69(3,4)5)62-75-65(70)58-56-54-52-50-48-46-44-42-40-25-23-21-19-17-15-13-11-9-7-2/h64,68H,6-63H2,1-5H3/p+1. The van der Waals surface area contributed by atoms with Crippen molar-refractivity contribution in [1.29, 1.82) is 0 Å². The highest BCUT2D eigenvalue weighted by Crippen LogP contribution is 2.19. The molecule has 0 aliphatic carbocycles. The van der Waals surface area contributed by atoms with Crippen molar-refractivity contribution in [2.24, 2.45) is 0 Å². The molecule has 0 saturated carbocycles. The number of carbonyl (C=O) groups is 3. The van der Waals surface area contributed by atoms with Crippen molar-refractivity contribution in [3.8, 4) is 0 Å². The first-order valence-electron chi connectivity index (χ1n) is 34.2. The van der Waals surface area contributed by atoms with E-state index in [1.807, 2.05) is 21.1 Å². The predicted molar refractivity (Wildman–Crippen MR) is 328 cm³/mol. The maximum atomic E-state index is 12.9. The molecule has 0 fully saturated rings. The van der Waals surface area contributed by atoms with Crippen molar-refractivity contribution in [3.63, 3.8) is 0 Å². The fraction of sp³-hybridized carbons (Fsp3) is 0.956. The molecule has 77 heavy (non-hydrogen) atoms. The molecule has 0 aliphatic heterocycles. The van der Waals surface area contributed by atoms with Crippen LogP contribution in [-0.4, -0.2) is 87.4 Å². The minimum atomic E-state index is -1.50. The minimum absolute atomic E-state index is 0.172. The third kappa shape index (κ3) is 61.8. The molecule has 0 aromatic heterocycles. The van der Waals surface area contributed by atoms with Crippen LogP contribution in [0.3, 0.4) is 0 Å². The van der Waals surface area contributed by atoms with Crippen LogP contribution in [0.25, 0.3) is 0 Å². The molecule has 0 rings (SSSR count). The highest BCUT2D eigenvalue weighted by molar-refractivity contribution is 5.71. The second-order valence-electron chi connectivity index (χ2n) is 24.9. The number of carbonyl (C=O) groups excluding carboxylic acids is 2. The second kappa shape index (κ2) is 60.4. The van der Waals surface area contributed by atoms with Crippen LogP contribution >= 0.6 is 0 Å². The number of hydrogen-bond acceptors (Lipinski definition) is 7. The first-order valence-corrected chi connectivity index (χ1v) is 34.2. The van der Waals surface area contributed by atoms with Gasteiger partial charge in [0.25, 0.3) is 6.29 Å². The monoisotopic (exact) mass is 1090 g/mol. The lowest BCUT2D eigenvalue weighted by molar-refractivity contribution is -0.870. The zero-order valence-electron chi connectivity index (χ0n) is 52.4. The van der Waals surface area contributed by atoms with Gasteiger partial charge in [-0.1, -0.05) is 335 Å². The molecule has 1 N–H and O–H groups in total. The molecule has 0 radical (unpaired) electrons. The summed E-state index contributed by atoms with van der Waals surface area (Å²) in [6.45, 7) is 4.97. The van der Waals surface area contributed by atoms with Gasteiger partial charge in [-0.15, -0.1) is 0 Å². The highest BCUT2D eigenvalue weighted by Gasteiger charge is 2.25. The van der Waals surface area contributed by atoms with E-state index in [0.29, 0.717) is 17.4 Å². The van der Waals surface area contributed by atoms with Crippen molar-refractivity contribution in [2.75, 3.05) is 47.5 Å². The van der Waals surface area contributed by atoms with E-state index in [2.05, 4.69) is 13.8 Å². The molecule has 458 valence electrons. The normalized spacial score (nSPS) is 12.6. The van der Waals surface area contributed by atoms with Crippen molar-refractivity contribution in [3.05, 3.63) is 0 Å². The maximum absolute atomic E-state index is 12.9. The largest absolute Gasteiger partial charge is 0.477 e. The third-order valence-electron chi connectivity index (χ3n) is 15.9. The van der Waals surface area contributed by atoms with Gasteiger partial charge < -0.3 is 28.5 Å². The number of unbranched alkanes of at least 4 members (excludes halogenated alkanes) is 50. The van der Waals surface area contributed by atoms with Crippen molar-refractivity contribution >= 4 is 17.9 Å². The molecule has 0 saturated heterocycles. The molecular formula is C68H134NO8+. The average molecular weight is 1090 g/mol. The topological polar surface area (TPSA) is 108 Å². The van der Waals surface area contributed by atoms with Gasteiger partial charge in [-0.3, -0.25) is 9.59 Å². The summed E-state index contributed by atoms with van der Waals surface area (Å²) in [5, 5.41) is 9.73. The number of aliphatic carboxylic acids is 1. The summed E-state index contributed by atoms with van der Waals surface area (Å²) in [4.78, 5) is 37.5. The summed E-state index contributed by atoms with van der Waals surface area (Å²) < 4.78 is 23.0. The van der Waals surface area contributed by atoms with E-state index in [1.165, 1.54) is 295 Å². The summed E-state index contributed by atoms with van der Waals surface area (Å²) in [6.07, 6.45) is 67.9. The Balaban J connectivity index is 4.01. The summed E-state index contributed by atoms with van der Waals surface area (Å²) in [5.74, 6) is -1.97. The second-order valence-corrected chi connectivity index (χ2v) is 24.9. The van der Waals surface area contributed by atoms with Crippen molar-refractivity contribution in [2.45, 2.75) is 373 Å². The number of ether oxygens (including phenoxy) is 4. The number of quaternary nitrogens is 1. The third-order valence-corrected chi connectivity index (χ3v) is 15.9. The molecule has 9 nitrogen and oxygen atoms in total. The Labute approximate surface area is 479 Å². The first kappa shape index (κ1) is 75.3. The molecule has 2 atom stereocenters. The van der Waals surface area contributed by atoms with E-state index in [4.69, 9.17) is 18.9 Å². The molecule has 0 bridgehead atoms. The first-order chi connectivity index (χ1) is 37.6. The van der Waals surface area contributed by atoms with Crippen LogP contribution in [0.4, 0.5) is 0 Å². The van der Waals surface area contributed by atoms with Gasteiger partial charge in [0.2, 0.25) is 0 Å². The zero-order chi connectivity index (χ0) is 56.2. The van der Waals surface area contributed by atoms with Crippen LogP contribution in [-0.2, 0) is 33.3 Å². The van der Waals surface area contributed by atoms with E-state index in [9.17, 15) is 19.5 Å². The predicted octanol–water partition coefficient (Wildman–Crippen LogP) is 20.7. The molecule has 0 heterocycles. The molecule has 2 unspecified atom stereocenters. The Bertz CT molecular complexity index is 1220. The van der Waals surface area contributed by atoms with Crippen LogP contribution < -0.4 is 0 Å². The molecule has 0 aromatic carbocycles. The fourth-order valence-electron chi connectivity index (χ4n) is 10.6. The number of nitrogens with zero attached hydrogens (tertiary/aromatic N) is 1. The maximum Gasteiger partial charge on any atom is 0.361 e. The van der Waals surface area contributed by atoms with E-state index in [1.54, 1.807) is 0 Å². The van der Waals surface area contributed by atoms with Gasteiger partial charge in [0.1, 0.15) is 13.2 Å². The lowest BCUT2D eigenvalue weighted by Crippen LogP contribution is -2.40. The molecule has 0 aliphatic rings. The van der Waals surface area contributed by atoms with Crippen LogP contribution in [0.5, 0.6) is 0 Å². The average Bonchev–Trinajstić information content (AvgIpc) is 3.40. The van der Waals surface area contributed by atoms with Crippen LogP contribution in [0.1, 0.15) is 361 Å². The van der Waals surface area contributed by atoms with Gasteiger partial charge in [0, 0.05) is 12.8 Å². The van der Waals surface area contributed by atoms with Gasteiger partial charge in [0.15, 0.2) is 6.10 Å². The Hall–Kier alpha value is -1.71. The van der Waals surface area contributed by atoms with Gasteiger partial charge in [0.05, 0.1) is 34.4 Å². The highest BCUT2D eigenvalue weighted by atomic mass is 16.7. The van der Waals surface area contributed by atoms with E-state index < -0.39 is 18.4 Å². The zero-order valence-corrected chi connectivity index (χ0v) is 52.4. The molecule has 0 aromatic rings. The van der Waals surface area contributed by atoms with E-state index in [-0.39, 0.29) is 38.2 Å². The summed E-state index contributed by atoms with van der Waals surface area (Å²) in [5.41, 5.74) is 0. The molecule has 0 spiro atoms. The van der Waals surface area contributed by atoms with Crippen molar-refractivity contribution < 1.29 is 42.9 Å². The van der Waals surface area contributed by atoms with Crippen molar-refractivity contribution in [1.82, 2.24) is 0 Å². The van der Waals surface area contributed by atoms with Gasteiger partial charge >= 0.3 is 17.9 Å². The van der Waals surface area contributed by atoms with Crippen LogP contribution in [0.2, 0.25) is 0 Å². The number of rotatable bonds is 65. The molecule has 0 amide bonds. The van der Waals surface area contributed by atoms with E-state index in [0.717, 1.165) is 38.5 Å². The Morgan fingerprint density at radius 1 is 0.338 bits per heavy atom. The fourth-order valence-corrected chi connectivity index (χ4v) is 10.6. The van der Waals surface area contributed by atoms with Gasteiger partial charge in [-0.25, -0.2) is 4.79 Å². The number of likely N-dealkylation sites (N-methyl/N-ethyl adjacent to an activating group) is 1. The summed E-state index contributed by atoms with van der Waals surface area (Å²) in [7, 11) is 5.99. The van der Waals surface area contributed by atoms with Crippen LogP contribution in [0.15, 0.2) is 0 Å². The quantitative estimate of drug-likeness (QED) is 0.0278. The van der Waals surface area contributed by atoms with E-state index >= 15 is 0 Å². The molecule has 9 heteroatoms. The number of esters is 2. The lowest BCUT2D eigenvalue weighted by atomic mass is 10.0. The summed E-state index contributed by atoms with van der Waals surface area (Å²) in [6, 6.07) is 0. The minimum Gasteiger partial charge on any atom is -0.477 e. The summed E-state index contributed by atoms with van der Waals surface area (Å²) >= 11 is 0. The Morgan fingerprint density at radius 2 is 0.584 bits per heavy atom. The van der Waals surface area contributed by atoms with Gasteiger partial charge in [-0.2, -0.15) is 0 Å². The SMILES string of the molecule is CCCCCCCCCCCCCCCCCCCCCCCCCCCCCCCCCCCC(=O)OC(COC(=O)CCCCCCCCCCCCCCCCCCCCC)COC(OCC[N+](C)(C)C)C(=O)O. The number of carboxylic acid groups (broad SMARTS) is 1. The number of hydrogen-bond donors (Lipinski definition) is 1. The Morgan fingerprint density at radius 3 is 0.831 bits per heavy atom. The Kier molecular flexibility index (Phi) is 59.0. The molecular weight excluding hydrogens is 959 g/mol. The lowest BCUT2D eigenvalue weighted by Gasteiger charge is -2.25. The number of carboxylic acids is 1. The van der Waals surface area contributed by atoms with Gasteiger partial charge in [-0.05, 0) is 12.8 Å². The van der Waals surface area contributed by atoms with Crippen LogP contribution in [0, 0.1) is 0 Å². The smallest absolute Gasteiger partial charge is 0.361 e.